The van der Waals surface area contributed by atoms with Crippen LogP contribution in [0, 0.1) is 5.92 Å². The predicted octanol–water partition coefficient (Wildman–Crippen LogP) is 2.25. The van der Waals surface area contributed by atoms with Crippen LogP contribution < -0.4 is 5.32 Å². The molecule has 0 aliphatic heterocycles. The third-order valence-corrected chi connectivity index (χ3v) is 4.29. The van der Waals surface area contributed by atoms with Crippen molar-refractivity contribution in [2.45, 2.75) is 39.2 Å². The molecule has 2 unspecified atom stereocenters. The van der Waals surface area contributed by atoms with E-state index in [1.807, 2.05) is 30.7 Å². The van der Waals surface area contributed by atoms with Crippen LogP contribution in [0.15, 0.2) is 21.2 Å². The summed E-state index contributed by atoms with van der Waals surface area (Å²) in [5.41, 5.74) is 0.893. The molecule has 0 radical (unpaired) electrons. The van der Waals surface area contributed by atoms with Gasteiger partial charge in [-0.3, -0.25) is 4.79 Å². The Kier molecular flexibility index (Phi) is 6.09. The summed E-state index contributed by atoms with van der Waals surface area (Å²) < 4.78 is 5.51. The highest BCUT2D eigenvalue weighted by Gasteiger charge is 2.14. The van der Waals surface area contributed by atoms with Gasteiger partial charge in [-0.05, 0) is 17.4 Å². The molecule has 0 bridgehead atoms. The molecule has 0 saturated heterocycles. The van der Waals surface area contributed by atoms with Crippen LogP contribution in [0.4, 0.5) is 0 Å². The van der Waals surface area contributed by atoms with Crippen LogP contribution in [0.25, 0.3) is 11.5 Å². The standard InChI is InChI=1S/C15H21N3O3S/c1-3-10(2)12(19)8-16-13(20)4-5-14-17-18-15(21-14)11-6-7-22-9-11/h6-7,9-10,12,19H,3-5,8H2,1-2H3,(H,16,20). The van der Waals surface area contributed by atoms with E-state index >= 15 is 0 Å². The van der Waals surface area contributed by atoms with Crippen LogP contribution in [0.2, 0.25) is 0 Å². The summed E-state index contributed by atoms with van der Waals surface area (Å²) in [5.74, 6) is 0.963. The van der Waals surface area contributed by atoms with Crippen molar-refractivity contribution in [2.24, 2.45) is 5.92 Å². The van der Waals surface area contributed by atoms with Crippen molar-refractivity contribution < 1.29 is 14.3 Å². The molecule has 2 rings (SSSR count). The summed E-state index contributed by atoms with van der Waals surface area (Å²) in [5, 5.41) is 24.3. The number of hydrogen-bond donors (Lipinski definition) is 2. The average molecular weight is 323 g/mol. The maximum absolute atomic E-state index is 11.8. The van der Waals surface area contributed by atoms with Gasteiger partial charge in [-0.1, -0.05) is 20.3 Å². The van der Waals surface area contributed by atoms with Gasteiger partial charge < -0.3 is 14.8 Å². The molecule has 0 spiro atoms. The lowest BCUT2D eigenvalue weighted by Crippen LogP contribution is -2.35. The fraction of sp³-hybridized carbons (Fsp3) is 0.533. The Bertz CT molecular complexity index is 583. The van der Waals surface area contributed by atoms with E-state index < -0.39 is 6.10 Å². The number of aliphatic hydroxyl groups excluding tert-OH is 1. The summed E-state index contributed by atoms with van der Waals surface area (Å²) in [4.78, 5) is 11.8. The molecule has 1 amide bonds. The van der Waals surface area contributed by atoms with Gasteiger partial charge in [0.2, 0.25) is 17.7 Å². The molecular formula is C15H21N3O3S. The van der Waals surface area contributed by atoms with Gasteiger partial charge in [-0.15, -0.1) is 10.2 Å². The van der Waals surface area contributed by atoms with E-state index in [1.165, 1.54) is 0 Å². The van der Waals surface area contributed by atoms with Crippen LogP contribution in [0.1, 0.15) is 32.6 Å². The molecule has 0 saturated carbocycles. The second-order valence-electron chi connectivity index (χ2n) is 5.27. The first-order chi connectivity index (χ1) is 10.6. The molecule has 2 heterocycles. The lowest BCUT2D eigenvalue weighted by Gasteiger charge is -2.17. The molecule has 2 atom stereocenters. The second-order valence-corrected chi connectivity index (χ2v) is 6.05. The number of carbonyl (C=O) groups is 1. The van der Waals surface area contributed by atoms with E-state index in [0.717, 1.165) is 12.0 Å². The maximum atomic E-state index is 11.8. The topological polar surface area (TPSA) is 88.2 Å². The number of thiophene rings is 1. The molecule has 2 aromatic rings. The van der Waals surface area contributed by atoms with Gasteiger partial charge in [0.1, 0.15) is 0 Å². The average Bonchev–Trinajstić information content (AvgIpc) is 3.20. The zero-order chi connectivity index (χ0) is 15.9. The highest BCUT2D eigenvalue weighted by molar-refractivity contribution is 7.08. The fourth-order valence-electron chi connectivity index (χ4n) is 1.86. The summed E-state index contributed by atoms with van der Waals surface area (Å²) in [6.45, 7) is 4.25. The number of rotatable bonds is 8. The first kappa shape index (κ1) is 16.6. The lowest BCUT2D eigenvalue weighted by atomic mass is 10.0. The first-order valence-corrected chi connectivity index (χ1v) is 8.34. The Hall–Kier alpha value is -1.73. The minimum absolute atomic E-state index is 0.127. The van der Waals surface area contributed by atoms with E-state index in [0.29, 0.717) is 18.2 Å². The zero-order valence-corrected chi connectivity index (χ0v) is 13.6. The normalized spacial score (nSPS) is 13.8. The molecule has 2 aromatic heterocycles. The van der Waals surface area contributed by atoms with Gasteiger partial charge in [-0.25, -0.2) is 0 Å². The van der Waals surface area contributed by atoms with E-state index in [9.17, 15) is 9.90 Å². The molecule has 0 aromatic carbocycles. The van der Waals surface area contributed by atoms with E-state index in [2.05, 4.69) is 15.5 Å². The lowest BCUT2D eigenvalue weighted by molar-refractivity contribution is -0.121. The number of nitrogens with one attached hydrogen (secondary N) is 1. The number of aliphatic hydroxyl groups is 1. The number of aryl methyl sites for hydroxylation is 1. The minimum Gasteiger partial charge on any atom is -0.421 e. The molecule has 2 N–H and O–H groups in total. The number of hydrogen-bond acceptors (Lipinski definition) is 6. The number of carbonyl (C=O) groups excluding carboxylic acids is 1. The number of aromatic nitrogens is 2. The van der Waals surface area contributed by atoms with Gasteiger partial charge >= 0.3 is 0 Å². The summed E-state index contributed by atoms with van der Waals surface area (Å²) in [6, 6.07) is 1.91. The quantitative estimate of drug-likeness (QED) is 0.778. The van der Waals surface area contributed by atoms with Crippen LogP contribution in [-0.4, -0.2) is 33.9 Å². The Morgan fingerprint density at radius 1 is 1.50 bits per heavy atom. The summed E-state index contributed by atoms with van der Waals surface area (Å²) >= 11 is 1.56. The Labute approximate surface area is 133 Å². The molecule has 22 heavy (non-hydrogen) atoms. The van der Waals surface area contributed by atoms with Crippen molar-refractivity contribution in [1.29, 1.82) is 0 Å². The van der Waals surface area contributed by atoms with Crippen molar-refractivity contribution in [3.8, 4) is 11.5 Å². The predicted molar refractivity (Wildman–Crippen MR) is 84.4 cm³/mol. The van der Waals surface area contributed by atoms with Gasteiger partial charge in [0, 0.05) is 30.3 Å². The molecule has 120 valence electrons. The fourth-order valence-corrected chi connectivity index (χ4v) is 2.49. The minimum atomic E-state index is -0.512. The van der Waals surface area contributed by atoms with E-state index in [4.69, 9.17) is 4.42 Å². The van der Waals surface area contributed by atoms with Crippen molar-refractivity contribution in [1.82, 2.24) is 15.5 Å². The molecule has 6 nitrogen and oxygen atoms in total. The summed E-state index contributed by atoms with van der Waals surface area (Å²) in [7, 11) is 0. The van der Waals surface area contributed by atoms with Crippen molar-refractivity contribution >= 4 is 17.2 Å². The molecule has 0 aliphatic carbocycles. The number of nitrogens with zero attached hydrogens (tertiary/aromatic N) is 2. The van der Waals surface area contributed by atoms with Crippen LogP contribution in [0.5, 0.6) is 0 Å². The van der Waals surface area contributed by atoms with Crippen molar-refractivity contribution in [3.05, 3.63) is 22.7 Å². The summed E-state index contributed by atoms with van der Waals surface area (Å²) in [6.07, 6.45) is 1.02. The van der Waals surface area contributed by atoms with Gasteiger partial charge in [0.05, 0.1) is 6.10 Å². The van der Waals surface area contributed by atoms with Crippen LogP contribution >= 0.6 is 11.3 Å². The zero-order valence-electron chi connectivity index (χ0n) is 12.8. The third kappa shape index (κ3) is 4.64. The monoisotopic (exact) mass is 323 g/mol. The largest absolute Gasteiger partial charge is 0.421 e. The molecule has 0 aliphatic rings. The van der Waals surface area contributed by atoms with Gasteiger partial charge in [0.25, 0.3) is 0 Å². The van der Waals surface area contributed by atoms with Gasteiger partial charge in [-0.2, -0.15) is 11.3 Å². The molecular weight excluding hydrogens is 302 g/mol. The van der Waals surface area contributed by atoms with Crippen molar-refractivity contribution in [3.63, 3.8) is 0 Å². The van der Waals surface area contributed by atoms with Crippen LogP contribution in [-0.2, 0) is 11.2 Å². The Morgan fingerprint density at radius 3 is 3.00 bits per heavy atom. The molecule has 7 heteroatoms. The second kappa shape index (κ2) is 8.05. The molecule has 0 fully saturated rings. The highest BCUT2D eigenvalue weighted by Crippen LogP contribution is 2.20. The Morgan fingerprint density at radius 2 is 2.32 bits per heavy atom. The first-order valence-electron chi connectivity index (χ1n) is 7.39. The Balaban J connectivity index is 1.75. The smallest absolute Gasteiger partial charge is 0.248 e. The number of amides is 1. The van der Waals surface area contributed by atoms with Gasteiger partial charge in [0.15, 0.2) is 0 Å². The van der Waals surface area contributed by atoms with Crippen LogP contribution in [0.3, 0.4) is 0 Å². The maximum Gasteiger partial charge on any atom is 0.248 e. The SMILES string of the molecule is CCC(C)C(O)CNC(=O)CCc1nnc(-c2ccsc2)o1. The van der Waals surface area contributed by atoms with Crippen molar-refractivity contribution in [2.75, 3.05) is 6.54 Å². The van der Waals surface area contributed by atoms with E-state index in [1.54, 1.807) is 11.3 Å². The highest BCUT2D eigenvalue weighted by atomic mass is 32.1. The van der Waals surface area contributed by atoms with E-state index in [-0.39, 0.29) is 24.8 Å². The third-order valence-electron chi connectivity index (χ3n) is 3.61.